The number of carbonyl (C=O) groups excluding carboxylic acids is 1. The van der Waals surface area contributed by atoms with Crippen LogP contribution in [0.2, 0.25) is 0 Å². The molecule has 2 N–H and O–H groups in total. The molecule has 2 unspecified atom stereocenters. The Morgan fingerprint density at radius 2 is 2.24 bits per heavy atom. The minimum Gasteiger partial charge on any atom is -0.396 e. The average molecular weight is 240 g/mol. The monoisotopic (exact) mass is 240 g/mol. The van der Waals surface area contributed by atoms with E-state index in [0.29, 0.717) is 18.4 Å². The average Bonchev–Trinajstić information content (AvgIpc) is 2.65. The molecule has 4 heteroatoms. The Morgan fingerprint density at radius 3 is 2.94 bits per heavy atom. The first-order chi connectivity index (χ1) is 8.03. The Labute approximate surface area is 103 Å². The van der Waals surface area contributed by atoms with E-state index in [0.717, 1.165) is 25.9 Å². The number of amides is 1. The van der Waals surface area contributed by atoms with Crippen molar-refractivity contribution in [3.8, 4) is 0 Å². The van der Waals surface area contributed by atoms with E-state index in [-0.39, 0.29) is 18.1 Å². The van der Waals surface area contributed by atoms with Crippen molar-refractivity contribution in [2.75, 3.05) is 19.7 Å². The van der Waals surface area contributed by atoms with Gasteiger partial charge in [-0.15, -0.1) is 0 Å². The summed E-state index contributed by atoms with van der Waals surface area (Å²) in [6.45, 7) is 5.96. The highest BCUT2D eigenvalue weighted by Crippen LogP contribution is 2.28. The van der Waals surface area contributed by atoms with Gasteiger partial charge in [0.2, 0.25) is 5.91 Å². The SMILES string of the molecule is CC(C)(CO)CNC1CC(=O)N2CCCCC12. The number of aliphatic hydroxyl groups is 1. The lowest BCUT2D eigenvalue weighted by Crippen LogP contribution is -2.48. The molecule has 0 radical (unpaired) electrons. The summed E-state index contributed by atoms with van der Waals surface area (Å²) >= 11 is 0. The quantitative estimate of drug-likeness (QED) is 0.762. The molecule has 2 fully saturated rings. The van der Waals surface area contributed by atoms with Crippen LogP contribution in [0.15, 0.2) is 0 Å². The number of fused-ring (bicyclic) bond motifs is 1. The van der Waals surface area contributed by atoms with Crippen molar-refractivity contribution in [3.63, 3.8) is 0 Å². The van der Waals surface area contributed by atoms with Crippen LogP contribution in [-0.2, 0) is 4.79 Å². The van der Waals surface area contributed by atoms with E-state index in [1.165, 1.54) is 6.42 Å². The van der Waals surface area contributed by atoms with Gasteiger partial charge in [-0.05, 0) is 19.3 Å². The number of hydrogen-bond acceptors (Lipinski definition) is 3. The van der Waals surface area contributed by atoms with Crippen molar-refractivity contribution in [1.82, 2.24) is 10.2 Å². The number of rotatable bonds is 4. The molecule has 0 aromatic carbocycles. The summed E-state index contributed by atoms with van der Waals surface area (Å²) in [5.74, 6) is 0.300. The normalized spacial score (nSPS) is 29.6. The number of nitrogens with one attached hydrogen (secondary N) is 1. The summed E-state index contributed by atoms with van der Waals surface area (Å²) in [5, 5.41) is 12.7. The van der Waals surface area contributed by atoms with E-state index < -0.39 is 0 Å². The molecule has 2 rings (SSSR count). The van der Waals surface area contributed by atoms with Gasteiger partial charge in [0.25, 0.3) is 0 Å². The van der Waals surface area contributed by atoms with Gasteiger partial charge in [-0.1, -0.05) is 13.8 Å². The molecule has 0 aromatic rings. The van der Waals surface area contributed by atoms with Crippen LogP contribution in [0.4, 0.5) is 0 Å². The Bertz CT molecular complexity index is 291. The summed E-state index contributed by atoms with van der Waals surface area (Å²) in [5.41, 5.74) is -0.106. The third kappa shape index (κ3) is 2.80. The first kappa shape index (κ1) is 12.8. The lowest BCUT2D eigenvalue weighted by molar-refractivity contribution is -0.129. The van der Waals surface area contributed by atoms with Gasteiger partial charge in [0.1, 0.15) is 0 Å². The van der Waals surface area contributed by atoms with E-state index in [9.17, 15) is 9.90 Å². The zero-order valence-electron chi connectivity index (χ0n) is 10.9. The Hall–Kier alpha value is -0.610. The fraction of sp³-hybridized carbons (Fsp3) is 0.923. The number of aliphatic hydroxyl groups excluding tert-OH is 1. The summed E-state index contributed by atoms with van der Waals surface area (Å²) < 4.78 is 0. The van der Waals surface area contributed by atoms with E-state index in [1.54, 1.807) is 0 Å². The molecular weight excluding hydrogens is 216 g/mol. The minimum absolute atomic E-state index is 0.106. The van der Waals surface area contributed by atoms with Gasteiger partial charge >= 0.3 is 0 Å². The minimum atomic E-state index is -0.106. The number of carbonyl (C=O) groups is 1. The lowest BCUT2D eigenvalue weighted by atomic mass is 9.93. The molecule has 0 bridgehead atoms. The van der Waals surface area contributed by atoms with Gasteiger partial charge in [-0.3, -0.25) is 4.79 Å². The summed E-state index contributed by atoms with van der Waals surface area (Å²) in [6, 6.07) is 0.680. The maximum absolute atomic E-state index is 11.8. The van der Waals surface area contributed by atoms with Gasteiger partial charge in [-0.2, -0.15) is 0 Å². The Kier molecular flexibility index (Phi) is 3.73. The molecule has 2 saturated heterocycles. The number of hydrogen-bond donors (Lipinski definition) is 2. The van der Waals surface area contributed by atoms with Crippen LogP contribution in [0, 0.1) is 5.41 Å². The van der Waals surface area contributed by atoms with Gasteiger partial charge < -0.3 is 15.3 Å². The first-order valence-corrected chi connectivity index (χ1v) is 6.67. The third-order valence-electron chi connectivity index (χ3n) is 4.00. The topological polar surface area (TPSA) is 52.6 Å². The van der Waals surface area contributed by atoms with Crippen LogP contribution in [0.3, 0.4) is 0 Å². The molecule has 0 saturated carbocycles. The van der Waals surface area contributed by atoms with Crippen LogP contribution in [-0.4, -0.2) is 47.7 Å². The smallest absolute Gasteiger partial charge is 0.224 e. The predicted octanol–water partition coefficient (Wildman–Crippen LogP) is 0.748. The lowest BCUT2D eigenvalue weighted by Gasteiger charge is -2.34. The van der Waals surface area contributed by atoms with Crippen molar-refractivity contribution < 1.29 is 9.90 Å². The largest absolute Gasteiger partial charge is 0.396 e. The van der Waals surface area contributed by atoms with E-state index in [1.807, 2.05) is 18.7 Å². The molecular formula is C13H24N2O2. The van der Waals surface area contributed by atoms with E-state index in [4.69, 9.17) is 0 Å². The fourth-order valence-electron chi connectivity index (χ4n) is 2.80. The van der Waals surface area contributed by atoms with Gasteiger partial charge in [0.15, 0.2) is 0 Å². The summed E-state index contributed by atoms with van der Waals surface area (Å²) in [7, 11) is 0. The zero-order valence-corrected chi connectivity index (χ0v) is 10.9. The molecule has 2 aliphatic rings. The summed E-state index contributed by atoms with van der Waals surface area (Å²) in [6.07, 6.45) is 4.14. The molecule has 98 valence electrons. The van der Waals surface area contributed by atoms with Crippen molar-refractivity contribution in [1.29, 1.82) is 0 Å². The Morgan fingerprint density at radius 1 is 1.47 bits per heavy atom. The maximum Gasteiger partial charge on any atom is 0.224 e. The molecule has 2 aliphatic heterocycles. The van der Waals surface area contributed by atoms with Crippen molar-refractivity contribution >= 4 is 5.91 Å². The molecule has 2 atom stereocenters. The standard InChI is InChI=1S/C13H24N2O2/c1-13(2,9-16)8-14-10-7-12(17)15-6-4-3-5-11(10)15/h10-11,14,16H,3-9H2,1-2H3. The van der Waals surface area contributed by atoms with E-state index >= 15 is 0 Å². The van der Waals surface area contributed by atoms with Crippen molar-refractivity contribution in [3.05, 3.63) is 0 Å². The molecule has 1 amide bonds. The molecule has 0 aliphatic carbocycles. The maximum atomic E-state index is 11.8. The second kappa shape index (κ2) is 4.94. The highest BCUT2D eigenvalue weighted by Gasteiger charge is 2.40. The Balaban J connectivity index is 1.91. The van der Waals surface area contributed by atoms with Crippen molar-refractivity contribution in [2.45, 2.75) is 51.6 Å². The van der Waals surface area contributed by atoms with E-state index in [2.05, 4.69) is 5.32 Å². The first-order valence-electron chi connectivity index (χ1n) is 6.67. The number of piperidine rings is 1. The molecule has 0 spiro atoms. The molecule has 2 heterocycles. The van der Waals surface area contributed by atoms with Crippen LogP contribution >= 0.6 is 0 Å². The fourth-order valence-corrected chi connectivity index (χ4v) is 2.80. The van der Waals surface area contributed by atoms with Gasteiger partial charge in [-0.25, -0.2) is 0 Å². The second-order valence-electron chi connectivity index (χ2n) is 6.16. The number of nitrogens with zero attached hydrogens (tertiary/aromatic N) is 1. The van der Waals surface area contributed by atoms with Crippen LogP contribution in [0.1, 0.15) is 39.5 Å². The van der Waals surface area contributed by atoms with Crippen LogP contribution in [0.5, 0.6) is 0 Å². The highest BCUT2D eigenvalue weighted by molar-refractivity contribution is 5.80. The zero-order chi connectivity index (χ0) is 12.5. The van der Waals surface area contributed by atoms with Gasteiger partial charge in [0.05, 0.1) is 0 Å². The molecule has 17 heavy (non-hydrogen) atoms. The van der Waals surface area contributed by atoms with Crippen LogP contribution < -0.4 is 5.32 Å². The van der Waals surface area contributed by atoms with Gasteiger partial charge in [0, 0.05) is 43.6 Å². The predicted molar refractivity (Wildman–Crippen MR) is 66.6 cm³/mol. The molecule has 0 aromatic heterocycles. The summed E-state index contributed by atoms with van der Waals surface area (Å²) in [4.78, 5) is 13.9. The van der Waals surface area contributed by atoms with Crippen molar-refractivity contribution in [2.24, 2.45) is 5.41 Å². The molecule has 4 nitrogen and oxygen atoms in total. The highest BCUT2D eigenvalue weighted by atomic mass is 16.3. The third-order valence-corrected chi connectivity index (χ3v) is 4.00. The second-order valence-corrected chi connectivity index (χ2v) is 6.16. The van der Waals surface area contributed by atoms with Crippen LogP contribution in [0.25, 0.3) is 0 Å².